The summed E-state index contributed by atoms with van der Waals surface area (Å²) in [6, 6.07) is 6.98. The molecule has 0 spiro atoms. The molecule has 0 bridgehead atoms. The van der Waals surface area contributed by atoms with E-state index in [0.29, 0.717) is 25.3 Å². The first-order valence-electron chi connectivity index (χ1n) is 5.35. The molecule has 0 aliphatic carbocycles. The van der Waals surface area contributed by atoms with E-state index in [4.69, 9.17) is 9.84 Å². The van der Waals surface area contributed by atoms with Crippen LogP contribution >= 0.6 is 0 Å². The number of aldehydes is 1. The molecule has 1 N–H and O–H groups in total. The summed E-state index contributed by atoms with van der Waals surface area (Å²) in [5, 5.41) is 8.91. The maximum atomic E-state index is 10.9. The van der Waals surface area contributed by atoms with Crippen molar-refractivity contribution in [1.82, 2.24) is 4.90 Å². The molecule has 0 aromatic heterocycles. The Balaban J connectivity index is 2.10. The van der Waals surface area contributed by atoms with Crippen molar-refractivity contribution in [3.63, 3.8) is 0 Å². The van der Waals surface area contributed by atoms with Gasteiger partial charge in [-0.3, -0.25) is 4.79 Å². The molecular weight excluding hydrogens is 222 g/mol. The molecule has 90 valence electrons. The number of carboxylic acid groups (broad SMARTS) is 1. The first kappa shape index (κ1) is 11.6. The van der Waals surface area contributed by atoms with Crippen molar-refractivity contribution in [3.8, 4) is 0 Å². The minimum absolute atomic E-state index is 0.249. The molecule has 0 saturated carbocycles. The van der Waals surface area contributed by atoms with E-state index in [2.05, 4.69) is 0 Å². The highest BCUT2D eigenvalue weighted by molar-refractivity contribution is 5.74. The molecule has 2 rings (SSSR count). The van der Waals surface area contributed by atoms with Crippen LogP contribution in [0.5, 0.6) is 0 Å². The predicted octanol–water partition coefficient (Wildman–Crippen LogP) is 1.55. The van der Waals surface area contributed by atoms with E-state index in [-0.39, 0.29) is 6.10 Å². The van der Waals surface area contributed by atoms with Crippen LogP contribution in [0.1, 0.15) is 22.0 Å². The number of benzene rings is 1. The van der Waals surface area contributed by atoms with E-state index >= 15 is 0 Å². The Labute approximate surface area is 98.6 Å². The van der Waals surface area contributed by atoms with Crippen LogP contribution in [-0.4, -0.2) is 42.1 Å². The van der Waals surface area contributed by atoms with E-state index in [1.54, 1.807) is 24.3 Å². The number of ether oxygens (including phenoxy) is 1. The second kappa shape index (κ2) is 4.97. The van der Waals surface area contributed by atoms with E-state index in [1.165, 1.54) is 4.90 Å². The van der Waals surface area contributed by atoms with Crippen molar-refractivity contribution in [2.24, 2.45) is 0 Å². The van der Waals surface area contributed by atoms with Gasteiger partial charge in [-0.2, -0.15) is 0 Å². The number of hydrogen-bond acceptors (Lipinski definition) is 3. The van der Waals surface area contributed by atoms with Gasteiger partial charge < -0.3 is 14.7 Å². The average Bonchev–Trinajstić information content (AvgIpc) is 2.39. The molecule has 1 atom stereocenters. The summed E-state index contributed by atoms with van der Waals surface area (Å²) in [4.78, 5) is 22.7. The first-order chi connectivity index (χ1) is 8.20. The molecule has 1 aromatic rings. The third kappa shape index (κ3) is 2.62. The Morgan fingerprint density at radius 1 is 1.41 bits per heavy atom. The second-order valence-corrected chi connectivity index (χ2v) is 3.87. The van der Waals surface area contributed by atoms with Crippen LogP contribution < -0.4 is 0 Å². The fraction of sp³-hybridized carbons (Fsp3) is 0.333. The van der Waals surface area contributed by atoms with Gasteiger partial charge in [-0.15, -0.1) is 0 Å². The van der Waals surface area contributed by atoms with Gasteiger partial charge in [0.2, 0.25) is 0 Å². The van der Waals surface area contributed by atoms with E-state index in [1.807, 2.05) is 0 Å². The quantitative estimate of drug-likeness (QED) is 0.790. The minimum atomic E-state index is -0.928. The lowest BCUT2D eigenvalue weighted by Crippen LogP contribution is -2.41. The highest BCUT2D eigenvalue weighted by atomic mass is 16.5. The summed E-state index contributed by atoms with van der Waals surface area (Å²) in [6.07, 6.45) is -0.405. The van der Waals surface area contributed by atoms with Crippen molar-refractivity contribution < 1.29 is 19.4 Å². The van der Waals surface area contributed by atoms with Gasteiger partial charge in [-0.25, -0.2) is 4.79 Å². The fourth-order valence-corrected chi connectivity index (χ4v) is 1.81. The number of carbonyl (C=O) groups is 2. The van der Waals surface area contributed by atoms with Gasteiger partial charge in [0, 0.05) is 12.1 Å². The molecule has 1 amide bonds. The maximum absolute atomic E-state index is 10.9. The van der Waals surface area contributed by atoms with Gasteiger partial charge in [0.15, 0.2) is 0 Å². The molecule has 17 heavy (non-hydrogen) atoms. The summed E-state index contributed by atoms with van der Waals surface area (Å²) < 4.78 is 5.52. The number of hydrogen-bond donors (Lipinski definition) is 1. The molecule has 1 heterocycles. The van der Waals surface area contributed by atoms with E-state index in [9.17, 15) is 9.59 Å². The highest BCUT2D eigenvalue weighted by Gasteiger charge is 2.24. The monoisotopic (exact) mass is 235 g/mol. The Bertz CT molecular complexity index is 415. The molecular formula is C12H13NO4. The maximum Gasteiger partial charge on any atom is 0.407 e. The predicted molar refractivity (Wildman–Crippen MR) is 60.1 cm³/mol. The van der Waals surface area contributed by atoms with Crippen molar-refractivity contribution in [3.05, 3.63) is 35.4 Å². The summed E-state index contributed by atoms with van der Waals surface area (Å²) in [5.74, 6) is 0. The van der Waals surface area contributed by atoms with Gasteiger partial charge in [-0.05, 0) is 5.56 Å². The number of amides is 1. The molecule has 1 aliphatic heterocycles. The topological polar surface area (TPSA) is 66.8 Å². The second-order valence-electron chi connectivity index (χ2n) is 3.87. The molecule has 5 nitrogen and oxygen atoms in total. The van der Waals surface area contributed by atoms with Crippen LogP contribution in [0, 0.1) is 0 Å². The van der Waals surface area contributed by atoms with Gasteiger partial charge in [0.1, 0.15) is 12.4 Å². The van der Waals surface area contributed by atoms with Crippen molar-refractivity contribution >= 4 is 12.4 Å². The normalized spacial score (nSPS) is 20.0. The largest absolute Gasteiger partial charge is 0.465 e. The van der Waals surface area contributed by atoms with Gasteiger partial charge >= 0.3 is 6.09 Å². The van der Waals surface area contributed by atoms with Crippen molar-refractivity contribution in [2.75, 3.05) is 19.7 Å². The van der Waals surface area contributed by atoms with Crippen molar-refractivity contribution in [1.29, 1.82) is 0 Å². The molecule has 0 radical (unpaired) electrons. The SMILES string of the molecule is O=Cc1ccc([C@@H]2CN(C(=O)O)CCO2)cc1. The third-order valence-corrected chi connectivity index (χ3v) is 2.78. The number of rotatable bonds is 2. The minimum Gasteiger partial charge on any atom is -0.465 e. The zero-order chi connectivity index (χ0) is 12.3. The Morgan fingerprint density at radius 3 is 2.71 bits per heavy atom. The van der Waals surface area contributed by atoms with Crippen LogP contribution in [-0.2, 0) is 4.74 Å². The number of morpholine rings is 1. The Kier molecular flexibility index (Phi) is 3.39. The van der Waals surface area contributed by atoms with Crippen LogP contribution in [0.4, 0.5) is 4.79 Å². The van der Waals surface area contributed by atoms with Crippen LogP contribution in [0.15, 0.2) is 24.3 Å². The highest BCUT2D eigenvalue weighted by Crippen LogP contribution is 2.22. The Hall–Kier alpha value is -1.88. The smallest absolute Gasteiger partial charge is 0.407 e. The lowest BCUT2D eigenvalue weighted by atomic mass is 10.1. The molecule has 5 heteroatoms. The lowest BCUT2D eigenvalue weighted by molar-refractivity contribution is -0.0232. The number of nitrogens with zero attached hydrogens (tertiary/aromatic N) is 1. The van der Waals surface area contributed by atoms with Gasteiger partial charge in [0.25, 0.3) is 0 Å². The standard InChI is InChI=1S/C12H13NO4/c14-8-9-1-3-10(4-2-9)11-7-13(12(15)16)5-6-17-11/h1-4,8,11H,5-7H2,(H,15,16)/t11-/m0/s1. The van der Waals surface area contributed by atoms with Crippen molar-refractivity contribution in [2.45, 2.75) is 6.10 Å². The van der Waals surface area contributed by atoms with Crippen LogP contribution in [0.3, 0.4) is 0 Å². The third-order valence-electron chi connectivity index (χ3n) is 2.78. The number of carbonyl (C=O) groups excluding carboxylic acids is 1. The zero-order valence-corrected chi connectivity index (χ0v) is 9.20. The first-order valence-corrected chi connectivity index (χ1v) is 5.35. The van der Waals surface area contributed by atoms with Crippen LogP contribution in [0.25, 0.3) is 0 Å². The molecule has 1 aromatic carbocycles. The average molecular weight is 235 g/mol. The summed E-state index contributed by atoms with van der Waals surface area (Å²) in [6.45, 7) is 1.13. The molecule has 1 aliphatic rings. The van der Waals surface area contributed by atoms with Crippen LogP contribution in [0.2, 0.25) is 0 Å². The Morgan fingerprint density at radius 2 is 2.12 bits per heavy atom. The van der Waals surface area contributed by atoms with E-state index < -0.39 is 6.09 Å². The molecule has 1 saturated heterocycles. The molecule has 1 fully saturated rings. The fourth-order valence-electron chi connectivity index (χ4n) is 1.81. The summed E-state index contributed by atoms with van der Waals surface area (Å²) in [5.41, 5.74) is 1.49. The zero-order valence-electron chi connectivity index (χ0n) is 9.20. The summed E-state index contributed by atoms with van der Waals surface area (Å²) in [7, 11) is 0. The van der Waals surface area contributed by atoms with E-state index in [0.717, 1.165) is 11.8 Å². The summed E-state index contributed by atoms with van der Waals surface area (Å²) >= 11 is 0. The van der Waals surface area contributed by atoms with Gasteiger partial charge in [-0.1, -0.05) is 24.3 Å². The lowest BCUT2D eigenvalue weighted by Gasteiger charge is -2.31. The molecule has 0 unspecified atom stereocenters. The van der Waals surface area contributed by atoms with Gasteiger partial charge in [0.05, 0.1) is 13.2 Å².